The zero-order valence-corrected chi connectivity index (χ0v) is 11.0. The van der Waals surface area contributed by atoms with Crippen LogP contribution in [0.5, 0.6) is 0 Å². The molecule has 2 heteroatoms. The van der Waals surface area contributed by atoms with Gasteiger partial charge in [0.05, 0.1) is 0 Å². The van der Waals surface area contributed by atoms with Gasteiger partial charge in [-0.25, -0.2) is 0 Å². The van der Waals surface area contributed by atoms with Gasteiger partial charge in [-0.3, -0.25) is 4.79 Å². The van der Waals surface area contributed by atoms with Gasteiger partial charge in [0.2, 0.25) is 0 Å². The molecule has 0 fully saturated rings. The Bertz CT molecular complexity index is 229. The van der Waals surface area contributed by atoms with E-state index in [-0.39, 0.29) is 0 Å². The van der Waals surface area contributed by atoms with Crippen molar-refractivity contribution in [3.8, 4) is 0 Å². The van der Waals surface area contributed by atoms with Crippen LogP contribution < -0.4 is 0 Å². The second-order valence-corrected chi connectivity index (χ2v) is 4.32. The van der Waals surface area contributed by atoms with Crippen molar-refractivity contribution < 1.29 is 9.90 Å². The lowest BCUT2D eigenvalue weighted by Gasteiger charge is -1.98. The fourth-order valence-corrected chi connectivity index (χ4v) is 1.66. The lowest BCUT2D eigenvalue weighted by Crippen LogP contribution is -1.93. The molecular formula is C15H26O2. The van der Waals surface area contributed by atoms with Gasteiger partial charge < -0.3 is 5.11 Å². The quantitative estimate of drug-likeness (QED) is 0.418. The van der Waals surface area contributed by atoms with Crippen LogP contribution in [0.4, 0.5) is 0 Å². The largest absolute Gasteiger partial charge is 0.481 e. The van der Waals surface area contributed by atoms with Crippen LogP contribution in [0.25, 0.3) is 0 Å². The van der Waals surface area contributed by atoms with Crippen molar-refractivity contribution in [3.63, 3.8) is 0 Å². The molecule has 0 radical (unpaired) electrons. The second-order valence-electron chi connectivity index (χ2n) is 4.32. The van der Waals surface area contributed by atoms with E-state index in [9.17, 15) is 4.79 Å². The van der Waals surface area contributed by atoms with Gasteiger partial charge in [0, 0.05) is 6.42 Å². The summed E-state index contributed by atoms with van der Waals surface area (Å²) in [6.45, 7) is 2.05. The lowest BCUT2D eigenvalue weighted by atomic mass is 10.1. The van der Waals surface area contributed by atoms with E-state index < -0.39 is 5.97 Å². The Hall–Kier alpha value is -1.05. The highest BCUT2D eigenvalue weighted by Gasteiger charge is 1.95. The highest BCUT2D eigenvalue weighted by Crippen LogP contribution is 2.07. The Morgan fingerprint density at radius 3 is 2.18 bits per heavy atom. The van der Waals surface area contributed by atoms with Crippen molar-refractivity contribution in [2.75, 3.05) is 0 Å². The molecule has 0 aromatic heterocycles. The van der Waals surface area contributed by atoms with Crippen molar-refractivity contribution in [1.29, 1.82) is 0 Å². The Morgan fingerprint density at radius 2 is 1.47 bits per heavy atom. The van der Waals surface area contributed by atoms with Gasteiger partial charge in [0.15, 0.2) is 0 Å². The maximum Gasteiger partial charge on any atom is 0.303 e. The number of carboxylic acid groups (broad SMARTS) is 1. The summed E-state index contributed by atoms with van der Waals surface area (Å²) in [7, 11) is 0. The summed E-state index contributed by atoms with van der Waals surface area (Å²) in [5.41, 5.74) is 0. The zero-order chi connectivity index (χ0) is 12.8. The number of carboxylic acids is 1. The van der Waals surface area contributed by atoms with E-state index in [1.807, 2.05) is 6.92 Å². The summed E-state index contributed by atoms with van der Waals surface area (Å²) in [6.07, 6.45) is 18.1. The lowest BCUT2D eigenvalue weighted by molar-refractivity contribution is -0.137. The highest BCUT2D eigenvalue weighted by molar-refractivity contribution is 5.66. The topological polar surface area (TPSA) is 37.3 Å². The smallest absolute Gasteiger partial charge is 0.303 e. The van der Waals surface area contributed by atoms with E-state index in [4.69, 9.17) is 5.11 Å². The van der Waals surface area contributed by atoms with Crippen LogP contribution in [0.2, 0.25) is 0 Å². The van der Waals surface area contributed by atoms with Gasteiger partial charge in [-0.05, 0) is 39.0 Å². The number of hydrogen-bond acceptors (Lipinski definition) is 1. The first-order chi connectivity index (χ1) is 8.27. The van der Waals surface area contributed by atoms with E-state index >= 15 is 0 Å². The van der Waals surface area contributed by atoms with Crippen LogP contribution >= 0.6 is 0 Å². The van der Waals surface area contributed by atoms with E-state index in [0.717, 1.165) is 32.1 Å². The maximum atomic E-state index is 10.3. The predicted molar refractivity (Wildman–Crippen MR) is 73.1 cm³/mol. The summed E-state index contributed by atoms with van der Waals surface area (Å²) < 4.78 is 0. The number of allylic oxidation sites excluding steroid dienone is 4. The summed E-state index contributed by atoms with van der Waals surface area (Å²) in [6, 6.07) is 0. The number of hydrogen-bond donors (Lipinski definition) is 1. The van der Waals surface area contributed by atoms with Crippen LogP contribution in [0, 0.1) is 0 Å². The average Bonchev–Trinajstić information content (AvgIpc) is 2.30. The third-order valence-electron chi connectivity index (χ3n) is 2.66. The summed E-state index contributed by atoms with van der Waals surface area (Å²) in [5.74, 6) is -0.672. The van der Waals surface area contributed by atoms with E-state index in [0.29, 0.717) is 6.42 Å². The van der Waals surface area contributed by atoms with Gasteiger partial charge in [0.1, 0.15) is 0 Å². The van der Waals surface area contributed by atoms with Crippen molar-refractivity contribution in [2.45, 2.75) is 64.7 Å². The molecule has 0 aliphatic rings. The molecule has 0 unspecified atom stereocenters. The Balaban J connectivity index is 3.10. The first kappa shape index (κ1) is 16.0. The maximum absolute atomic E-state index is 10.3. The molecule has 0 heterocycles. The Kier molecular flexibility index (Phi) is 12.2. The van der Waals surface area contributed by atoms with Gasteiger partial charge in [-0.2, -0.15) is 0 Å². The number of rotatable bonds is 11. The fourth-order valence-electron chi connectivity index (χ4n) is 1.66. The van der Waals surface area contributed by atoms with Crippen molar-refractivity contribution in [2.24, 2.45) is 0 Å². The predicted octanol–water partition coefficient (Wildman–Crippen LogP) is 4.71. The molecule has 17 heavy (non-hydrogen) atoms. The first-order valence-corrected chi connectivity index (χ1v) is 6.75. The van der Waals surface area contributed by atoms with Gasteiger partial charge in [0.25, 0.3) is 0 Å². The average molecular weight is 238 g/mol. The van der Waals surface area contributed by atoms with Crippen LogP contribution in [-0.4, -0.2) is 11.1 Å². The minimum atomic E-state index is -0.672. The van der Waals surface area contributed by atoms with Crippen molar-refractivity contribution >= 4 is 5.97 Å². The van der Waals surface area contributed by atoms with Crippen LogP contribution in [-0.2, 0) is 4.79 Å². The Morgan fingerprint density at radius 1 is 0.882 bits per heavy atom. The molecular weight excluding hydrogens is 212 g/mol. The van der Waals surface area contributed by atoms with Crippen LogP contribution in [0.15, 0.2) is 24.3 Å². The summed E-state index contributed by atoms with van der Waals surface area (Å²) in [4.78, 5) is 10.3. The monoisotopic (exact) mass is 238 g/mol. The number of unbranched alkanes of at least 4 members (excludes halogenated alkanes) is 6. The molecule has 0 saturated carbocycles. The standard InChI is InChI=1S/C15H26O2/c1-2-3-4-5-6-7-8-9-10-11-12-13-14-15(16)17/h2-3,6-7H,4-5,8-14H2,1H3,(H,16,17). The van der Waals surface area contributed by atoms with Gasteiger partial charge >= 0.3 is 5.97 Å². The van der Waals surface area contributed by atoms with Gasteiger partial charge in [-0.1, -0.05) is 43.6 Å². The first-order valence-electron chi connectivity index (χ1n) is 6.75. The minimum Gasteiger partial charge on any atom is -0.481 e. The molecule has 0 aliphatic heterocycles. The van der Waals surface area contributed by atoms with E-state index in [1.165, 1.54) is 19.3 Å². The van der Waals surface area contributed by atoms with Crippen LogP contribution in [0.3, 0.4) is 0 Å². The van der Waals surface area contributed by atoms with Crippen molar-refractivity contribution in [3.05, 3.63) is 24.3 Å². The Labute approximate surface area is 105 Å². The third-order valence-corrected chi connectivity index (χ3v) is 2.66. The number of aliphatic carboxylic acids is 1. The third kappa shape index (κ3) is 14.9. The number of carbonyl (C=O) groups is 1. The van der Waals surface area contributed by atoms with Crippen molar-refractivity contribution in [1.82, 2.24) is 0 Å². The minimum absolute atomic E-state index is 0.324. The molecule has 0 aromatic rings. The molecule has 2 nitrogen and oxygen atoms in total. The molecule has 0 atom stereocenters. The second kappa shape index (κ2) is 13.0. The summed E-state index contributed by atoms with van der Waals surface area (Å²) >= 11 is 0. The molecule has 0 rings (SSSR count). The zero-order valence-electron chi connectivity index (χ0n) is 11.0. The molecule has 0 saturated heterocycles. The molecule has 1 N–H and O–H groups in total. The van der Waals surface area contributed by atoms with E-state index in [1.54, 1.807) is 0 Å². The molecule has 0 bridgehead atoms. The molecule has 98 valence electrons. The normalized spacial score (nSPS) is 11.6. The van der Waals surface area contributed by atoms with Crippen LogP contribution in [0.1, 0.15) is 64.7 Å². The molecule has 0 aliphatic carbocycles. The van der Waals surface area contributed by atoms with Gasteiger partial charge in [-0.15, -0.1) is 0 Å². The summed E-state index contributed by atoms with van der Waals surface area (Å²) in [5, 5.41) is 8.46. The molecule has 0 aromatic carbocycles. The molecule has 0 spiro atoms. The fraction of sp³-hybridized carbons (Fsp3) is 0.667. The highest BCUT2D eigenvalue weighted by atomic mass is 16.4. The molecule has 0 amide bonds. The SMILES string of the molecule is CC=CCCC=CCCCCCCCC(=O)O. The van der Waals surface area contributed by atoms with E-state index in [2.05, 4.69) is 24.3 Å².